The topological polar surface area (TPSA) is 81.9 Å². The molecule has 0 saturated heterocycles. The van der Waals surface area contributed by atoms with Crippen molar-refractivity contribution in [2.75, 3.05) is 11.9 Å². The summed E-state index contributed by atoms with van der Waals surface area (Å²) in [7, 11) is 0. The van der Waals surface area contributed by atoms with Gasteiger partial charge in [0, 0.05) is 16.3 Å². The van der Waals surface area contributed by atoms with E-state index in [1.165, 1.54) is 4.68 Å². The molecule has 0 spiro atoms. The van der Waals surface area contributed by atoms with Crippen LogP contribution in [0.3, 0.4) is 0 Å². The summed E-state index contributed by atoms with van der Waals surface area (Å²) in [4.78, 5) is 12.4. The van der Waals surface area contributed by atoms with Gasteiger partial charge < -0.3 is 10.1 Å². The van der Waals surface area contributed by atoms with E-state index in [9.17, 15) is 4.79 Å². The molecule has 22 heavy (non-hydrogen) atoms. The summed E-state index contributed by atoms with van der Waals surface area (Å²) in [6.07, 6.45) is 0. The Morgan fingerprint density at radius 1 is 1.45 bits per heavy atom. The number of hydrogen-bond acceptors (Lipinski definition) is 6. The highest BCUT2D eigenvalue weighted by Gasteiger charge is 2.35. The van der Waals surface area contributed by atoms with E-state index in [-0.39, 0.29) is 6.61 Å². The number of anilines is 1. The molecule has 0 unspecified atom stereocenters. The summed E-state index contributed by atoms with van der Waals surface area (Å²) in [6.45, 7) is 3.83. The van der Waals surface area contributed by atoms with Gasteiger partial charge in [-0.05, 0) is 30.3 Å². The molecule has 0 saturated carbocycles. The van der Waals surface area contributed by atoms with E-state index in [0.29, 0.717) is 22.2 Å². The van der Waals surface area contributed by atoms with Crippen LogP contribution in [0.25, 0.3) is 0 Å². The first-order valence-corrected chi connectivity index (χ1v) is 7.18. The van der Waals surface area contributed by atoms with Gasteiger partial charge in [0.15, 0.2) is 0 Å². The van der Waals surface area contributed by atoms with Gasteiger partial charge in [-0.2, -0.15) is 4.68 Å². The molecule has 0 fully saturated rings. The lowest BCUT2D eigenvalue weighted by molar-refractivity contribution is -0.139. The second-order valence-corrected chi connectivity index (χ2v) is 5.16. The first-order chi connectivity index (χ1) is 10.6. The van der Waals surface area contributed by atoms with Crippen LogP contribution < -0.4 is 5.32 Å². The van der Waals surface area contributed by atoms with E-state index >= 15 is 0 Å². The summed E-state index contributed by atoms with van der Waals surface area (Å²) in [5.41, 5.74) is 1.82. The zero-order chi connectivity index (χ0) is 15.7. The third kappa shape index (κ3) is 2.33. The van der Waals surface area contributed by atoms with Gasteiger partial charge >= 0.3 is 5.97 Å². The standard InChI is InChI=1S/C14H14ClN5O2/c1-3-22-13(21)11-8(2)16-14-17-18-19-20(14)12(11)9-6-4-5-7-10(9)15/h4-7,12H,3H2,1-2H3,(H,16,17,19)/t12-/m0/s1. The maximum absolute atomic E-state index is 12.4. The zero-order valence-electron chi connectivity index (χ0n) is 12.1. The predicted molar refractivity (Wildman–Crippen MR) is 80.4 cm³/mol. The molecule has 8 heteroatoms. The number of tetrazole rings is 1. The minimum Gasteiger partial charge on any atom is -0.463 e. The normalized spacial score (nSPS) is 17.0. The number of benzene rings is 1. The number of carbonyl (C=O) groups is 1. The SMILES string of the molecule is CCOC(=O)C1=C(C)Nc2nnnn2[C@H]1c1ccccc1Cl. The number of nitrogens with one attached hydrogen (secondary N) is 1. The summed E-state index contributed by atoms with van der Waals surface area (Å²) in [5, 5.41) is 15.1. The van der Waals surface area contributed by atoms with Gasteiger partial charge in [-0.25, -0.2) is 4.79 Å². The summed E-state index contributed by atoms with van der Waals surface area (Å²) < 4.78 is 6.70. The fraction of sp³-hybridized carbons (Fsp3) is 0.286. The van der Waals surface area contributed by atoms with Crippen molar-refractivity contribution in [3.8, 4) is 0 Å². The van der Waals surface area contributed by atoms with Crippen LogP contribution >= 0.6 is 11.6 Å². The highest BCUT2D eigenvalue weighted by atomic mass is 35.5. The lowest BCUT2D eigenvalue weighted by atomic mass is 9.96. The Hall–Kier alpha value is -2.41. The number of carbonyl (C=O) groups excluding carboxylic acids is 1. The van der Waals surface area contributed by atoms with Crippen LogP contribution in [-0.4, -0.2) is 32.8 Å². The van der Waals surface area contributed by atoms with Gasteiger partial charge in [-0.1, -0.05) is 34.9 Å². The van der Waals surface area contributed by atoms with Gasteiger partial charge in [0.05, 0.1) is 12.2 Å². The number of fused-ring (bicyclic) bond motifs is 1. The van der Waals surface area contributed by atoms with E-state index < -0.39 is 12.0 Å². The smallest absolute Gasteiger partial charge is 0.338 e. The van der Waals surface area contributed by atoms with Crippen LogP contribution in [0.4, 0.5) is 5.95 Å². The molecule has 0 amide bonds. The largest absolute Gasteiger partial charge is 0.463 e. The lowest BCUT2D eigenvalue weighted by Gasteiger charge is -2.27. The minimum atomic E-state index is -0.529. The average molecular weight is 320 g/mol. The number of aromatic nitrogens is 4. The van der Waals surface area contributed by atoms with E-state index in [1.54, 1.807) is 19.9 Å². The van der Waals surface area contributed by atoms with Crippen molar-refractivity contribution in [3.05, 3.63) is 46.1 Å². The Labute approximate surface area is 131 Å². The van der Waals surface area contributed by atoms with Crippen molar-refractivity contribution >= 4 is 23.5 Å². The molecule has 3 rings (SSSR count). The monoisotopic (exact) mass is 319 g/mol. The van der Waals surface area contributed by atoms with Gasteiger partial charge in [0.1, 0.15) is 6.04 Å². The second kappa shape index (κ2) is 5.76. The minimum absolute atomic E-state index is 0.285. The Morgan fingerprint density at radius 3 is 2.95 bits per heavy atom. The Kier molecular flexibility index (Phi) is 3.81. The summed E-state index contributed by atoms with van der Waals surface area (Å²) >= 11 is 6.31. The van der Waals surface area contributed by atoms with E-state index in [2.05, 4.69) is 20.8 Å². The fourth-order valence-electron chi connectivity index (χ4n) is 2.47. The molecule has 1 aliphatic heterocycles. The van der Waals surface area contributed by atoms with Crippen LogP contribution in [0.1, 0.15) is 25.5 Å². The number of ether oxygens (including phenoxy) is 1. The average Bonchev–Trinajstić information content (AvgIpc) is 2.94. The van der Waals surface area contributed by atoms with Crippen molar-refractivity contribution in [1.82, 2.24) is 20.2 Å². The molecule has 2 heterocycles. The van der Waals surface area contributed by atoms with Crippen LogP contribution in [-0.2, 0) is 9.53 Å². The van der Waals surface area contributed by atoms with Crippen LogP contribution in [0.2, 0.25) is 5.02 Å². The maximum atomic E-state index is 12.4. The van der Waals surface area contributed by atoms with E-state index in [4.69, 9.17) is 16.3 Å². The third-order valence-electron chi connectivity index (χ3n) is 3.41. The predicted octanol–water partition coefficient (Wildman–Crippen LogP) is 2.18. The summed E-state index contributed by atoms with van der Waals surface area (Å²) in [5.74, 6) is 0.0361. The maximum Gasteiger partial charge on any atom is 0.338 e. The molecular formula is C14H14ClN5O2. The van der Waals surface area contributed by atoms with Crippen molar-refractivity contribution in [2.24, 2.45) is 0 Å². The Morgan fingerprint density at radius 2 is 2.23 bits per heavy atom. The highest BCUT2D eigenvalue weighted by molar-refractivity contribution is 6.31. The van der Waals surface area contributed by atoms with Crippen molar-refractivity contribution in [1.29, 1.82) is 0 Å². The molecule has 1 atom stereocenters. The van der Waals surface area contributed by atoms with Crippen molar-refractivity contribution in [3.63, 3.8) is 0 Å². The Balaban J connectivity index is 2.18. The molecule has 0 aliphatic carbocycles. The highest BCUT2D eigenvalue weighted by Crippen LogP contribution is 2.37. The van der Waals surface area contributed by atoms with Gasteiger partial charge in [0.25, 0.3) is 0 Å². The molecule has 1 aromatic carbocycles. The molecular weight excluding hydrogens is 306 g/mol. The quantitative estimate of drug-likeness (QED) is 0.873. The molecule has 114 valence electrons. The molecule has 1 aliphatic rings. The van der Waals surface area contributed by atoms with Crippen LogP contribution in [0.15, 0.2) is 35.5 Å². The Bertz CT molecular complexity index is 755. The number of esters is 1. The number of hydrogen-bond donors (Lipinski definition) is 1. The van der Waals surface area contributed by atoms with Crippen molar-refractivity contribution in [2.45, 2.75) is 19.9 Å². The molecule has 1 N–H and O–H groups in total. The molecule has 1 aromatic heterocycles. The van der Waals surface area contributed by atoms with Crippen LogP contribution in [0.5, 0.6) is 0 Å². The van der Waals surface area contributed by atoms with Crippen LogP contribution in [0, 0.1) is 0 Å². The van der Waals surface area contributed by atoms with E-state index in [0.717, 1.165) is 5.56 Å². The second-order valence-electron chi connectivity index (χ2n) is 4.76. The molecule has 7 nitrogen and oxygen atoms in total. The zero-order valence-corrected chi connectivity index (χ0v) is 12.8. The van der Waals surface area contributed by atoms with E-state index in [1.807, 2.05) is 18.2 Å². The summed E-state index contributed by atoms with van der Waals surface area (Å²) in [6, 6.07) is 6.76. The molecule has 2 aromatic rings. The number of rotatable bonds is 3. The number of nitrogens with zero attached hydrogens (tertiary/aromatic N) is 4. The van der Waals surface area contributed by atoms with Crippen molar-refractivity contribution < 1.29 is 9.53 Å². The number of halogens is 1. The van der Waals surface area contributed by atoms with Gasteiger partial charge in [0.2, 0.25) is 5.95 Å². The molecule has 0 radical (unpaired) electrons. The lowest BCUT2D eigenvalue weighted by Crippen LogP contribution is -2.29. The first kappa shape index (κ1) is 14.5. The van der Waals surface area contributed by atoms with Gasteiger partial charge in [-0.15, -0.1) is 0 Å². The number of allylic oxidation sites excluding steroid dienone is 1. The van der Waals surface area contributed by atoms with Gasteiger partial charge in [-0.3, -0.25) is 0 Å². The fourth-order valence-corrected chi connectivity index (χ4v) is 2.71. The molecule has 0 bridgehead atoms. The first-order valence-electron chi connectivity index (χ1n) is 6.80. The third-order valence-corrected chi connectivity index (χ3v) is 3.75.